The largest absolute Gasteiger partial charge is 0.465 e. The Bertz CT molecular complexity index is 642. The predicted molar refractivity (Wildman–Crippen MR) is 117 cm³/mol. The summed E-state index contributed by atoms with van der Waals surface area (Å²) in [6.45, 7) is 11.4. The molecule has 29 heavy (non-hydrogen) atoms. The van der Waals surface area contributed by atoms with Crippen molar-refractivity contribution in [3.05, 3.63) is 23.7 Å². The van der Waals surface area contributed by atoms with Gasteiger partial charge in [-0.15, -0.1) is 6.58 Å². The van der Waals surface area contributed by atoms with Crippen molar-refractivity contribution >= 4 is 27.9 Å². The molecule has 1 saturated carbocycles. The van der Waals surface area contributed by atoms with Crippen LogP contribution in [-0.2, 0) is 23.8 Å². The van der Waals surface area contributed by atoms with Gasteiger partial charge in [-0.2, -0.15) is 0 Å². The molecule has 0 heterocycles. The van der Waals surface area contributed by atoms with Gasteiger partial charge in [-0.25, -0.2) is 0 Å². The Hall–Kier alpha value is -1.58. The van der Waals surface area contributed by atoms with Crippen molar-refractivity contribution < 1.29 is 23.8 Å². The number of halogens is 1. The lowest BCUT2D eigenvalue weighted by molar-refractivity contribution is -0.171. The van der Waals surface area contributed by atoms with Crippen LogP contribution >= 0.6 is 15.9 Å². The first-order valence-electron chi connectivity index (χ1n) is 10.2. The molecule has 0 unspecified atom stereocenters. The van der Waals surface area contributed by atoms with Gasteiger partial charge in [0.15, 0.2) is 5.41 Å². The smallest absolute Gasteiger partial charge is 0.324 e. The first-order valence-corrected chi connectivity index (χ1v) is 10.9. The number of hydrogen-bond donors (Lipinski definition) is 0. The summed E-state index contributed by atoms with van der Waals surface area (Å²) in [7, 11) is 1.67. The van der Waals surface area contributed by atoms with E-state index >= 15 is 0 Å². The van der Waals surface area contributed by atoms with Crippen molar-refractivity contribution in [1.82, 2.24) is 0 Å². The zero-order valence-electron chi connectivity index (χ0n) is 17.9. The molecule has 0 aromatic rings. The van der Waals surface area contributed by atoms with Crippen molar-refractivity contribution in [3.8, 4) is 11.8 Å². The number of esters is 2. The zero-order valence-corrected chi connectivity index (χ0v) is 19.4. The molecule has 1 fully saturated rings. The molecule has 0 amide bonds. The van der Waals surface area contributed by atoms with E-state index in [0.29, 0.717) is 4.48 Å². The summed E-state index contributed by atoms with van der Waals surface area (Å²) >= 11 is 3.28. The second-order valence-electron chi connectivity index (χ2n) is 7.26. The van der Waals surface area contributed by atoms with E-state index < -0.39 is 23.0 Å². The van der Waals surface area contributed by atoms with Crippen molar-refractivity contribution in [2.24, 2.45) is 11.3 Å². The van der Waals surface area contributed by atoms with Crippen LogP contribution in [0.15, 0.2) is 23.7 Å². The highest BCUT2D eigenvalue weighted by molar-refractivity contribution is 9.11. The lowest BCUT2D eigenvalue weighted by Crippen LogP contribution is -2.43. The molecule has 2 atom stereocenters. The number of carbonyl (C=O) groups is 2. The summed E-state index contributed by atoms with van der Waals surface area (Å²) in [4.78, 5) is 25.6. The van der Waals surface area contributed by atoms with E-state index in [9.17, 15) is 9.59 Å². The lowest BCUT2D eigenvalue weighted by Gasteiger charge is -2.39. The van der Waals surface area contributed by atoms with Crippen molar-refractivity contribution in [2.75, 3.05) is 20.3 Å². The molecule has 0 spiro atoms. The fourth-order valence-electron chi connectivity index (χ4n) is 3.85. The third-order valence-electron chi connectivity index (χ3n) is 5.34. The summed E-state index contributed by atoms with van der Waals surface area (Å²) in [5.74, 6) is 5.29. The maximum absolute atomic E-state index is 12.8. The van der Waals surface area contributed by atoms with E-state index in [2.05, 4.69) is 40.9 Å². The number of methoxy groups -OCH3 is 1. The maximum Gasteiger partial charge on any atom is 0.324 e. The first-order chi connectivity index (χ1) is 13.8. The van der Waals surface area contributed by atoms with E-state index in [1.807, 2.05) is 6.08 Å². The standard InChI is InChI=1S/C23H33BrO5/c1-6-12-19-13-9-10-15-23(19,27-5)16-11-14-22(17-18(4)24,20(25)28-7-2)21(26)29-8-3/h6,19H,1,4,7-10,12-15,17H2,2-3,5H3/t19-,23-/m1/s1. The minimum Gasteiger partial charge on any atom is -0.465 e. The second-order valence-corrected chi connectivity index (χ2v) is 8.38. The van der Waals surface area contributed by atoms with Gasteiger partial charge >= 0.3 is 11.9 Å². The first kappa shape index (κ1) is 25.5. The van der Waals surface area contributed by atoms with Crippen molar-refractivity contribution in [1.29, 1.82) is 0 Å². The molecule has 6 heteroatoms. The Morgan fingerprint density at radius 1 is 1.24 bits per heavy atom. The molecule has 0 bridgehead atoms. The summed E-state index contributed by atoms with van der Waals surface area (Å²) in [5.41, 5.74) is -2.16. The highest BCUT2D eigenvalue weighted by atomic mass is 79.9. The molecular weight excluding hydrogens is 436 g/mol. The molecule has 0 aromatic carbocycles. The molecule has 1 rings (SSSR count). The predicted octanol–water partition coefficient (Wildman–Crippen LogP) is 4.94. The van der Waals surface area contributed by atoms with Crippen LogP contribution in [0.3, 0.4) is 0 Å². The van der Waals surface area contributed by atoms with Gasteiger partial charge in [-0.3, -0.25) is 9.59 Å². The molecule has 0 N–H and O–H groups in total. The third kappa shape index (κ3) is 6.45. The topological polar surface area (TPSA) is 61.8 Å². The molecule has 0 saturated heterocycles. The van der Waals surface area contributed by atoms with Gasteiger partial charge in [-0.1, -0.05) is 46.8 Å². The molecule has 1 aliphatic carbocycles. The Balaban J connectivity index is 3.31. The highest BCUT2D eigenvalue weighted by Crippen LogP contribution is 2.39. The monoisotopic (exact) mass is 468 g/mol. The maximum atomic E-state index is 12.8. The van der Waals surface area contributed by atoms with E-state index in [0.717, 1.165) is 32.1 Å². The van der Waals surface area contributed by atoms with Crippen LogP contribution in [-0.4, -0.2) is 37.9 Å². The van der Waals surface area contributed by atoms with Gasteiger partial charge in [0.1, 0.15) is 5.60 Å². The van der Waals surface area contributed by atoms with Crippen LogP contribution < -0.4 is 0 Å². The minimum absolute atomic E-state index is 0.0266. The number of rotatable bonds is 10. The van der Waals surface area contributed by atoms with Crippen molar-refractivity contribution in [2.45, 2.75) is 64.4 Å². The molecule has 0 aromatic heterocycles. The third-order valence-corrected chi connectivity index (χ3v) is 5.62. The molecule has 1 aliphatic rings. The molecule has 162 valence electrons. The van der Waals surface area contributed by atoms with E-state index in [-0.39, 0.29) is 32.0 Å². The SMILES string of the molecule is C=CC[C@@H]1CCCC[C@]1(C#CCC(CC(=C)Br)(C(=O)OCC)C(=O)OCC)OC. The Labute approximate surface area is 183 Å². The summed E-state index contributed by atoms with van der Waals surface area (Å²) in [6, 6.07) is 0. The number of allylic oxidation sites excluding steroid dienone is 2. The van der Waals surface area contributed by atoms with Crippen LogP contribution in [0.25, 0.3) is 0 Å². The molecular formula is C23H33BrO5. The van der Waals surface area contributed by atoms with Crippen molar-refractivity contribution in [3.63, 3.8) is 0 Å². The summed E-state index contributed by atoms with van der Waals surface area (Å²) in [5, 5.41) is 0. The summed E-state index contributed by atoms with van der Waals surface area (Å²) < 4.78 is 16.8. The van der Waals surface area contributed by atoms with Crippen LogP contribution in [0.5, 0.6) is 0 Å². The van der Waals surface area contributed by atoms with Gasteiger partial charge < -0.3 is 14.2 Å². The van der Waals surface area contributed by atoms with Crippen LogP contribution in [0.1, 0.15) is 58.8 Å². The van der Waals surface area contributed by atoms with Gasteiger partial charge in [-0.05, 0) is 44.0 Å². The molecule has 0 radical (unpaired) electrons. The van der Waals surface area contributed by atoms with E-state index in [1.165, 1.54) is 0 Å². The van der Waals surface area contributed by atoms with Gasteiger partial charge in [0.2, 0.25) is 0 Å². The number of carbonyl (C=O) groups excluding carboxylic acids is 2. The van der Waals surface area contributed by atoms with E-state index in [4.69, 9.17) is 14.2 Å². The second kappa shape index (κ2) is 12.2. The Kier molecular flexibility index (Phi) is 10.7. The average molecular weight is 469 g/mol. The molecule has 5 nitrogen and oxygen atoms in total. The highest BCUT2D eigenvalue weighted by Gasteiger charge is 2.49. The number of ether oxygens (including phenoxy) is 3. The number of hydrogen-bond acceptors (Lipinski definition) is 5. The van der Waals surface area contributed by atoms with Crippen LogP contribution in [0, 0.1) is 23.2 Å². The quantitative estimate of drug-likeness (QED) is 0.196. The lowest BCUT2D eigenvalue weighted by atomic mass is 9.73. The normalized spacial score (nSPS) is 21.4. The summed E-state index contributed by atoms with van der Waals surface area (Å²) in [6.07, 6.45) is 6.69. The Morgan fingerprint density at radius 2 is 1.86 bits per heavy atom. The zero-order chi connectivity index (χ0) is 21.9. The van der Waals surface area contributed by atoms with Gasteiger partial charge in [0.05, 0.1) is 13.2 Å². The minimum atomic E-state index is -1.56. The molecule has 0 aliphatic heterocycles. The van der Waals surface area contributed by atoms with Crippen LogP contribution in [0.4, 0.5) is 0 Å². The van der Waals surface area contributed by atoms with Gasteiger partial charge in [0.25, 0.3) is 0 Å². The van der Waals surface area contributed by atoms with Gasteiger partial charge in [0, 0.05) is 25.9 Å². The fraction of sp³-hybridized carbons (Fsp3) is 0.652. The average Bonchev–Trinajstić information content (AvgIpc) is 2.68. The van der Waals surface area contributed by atoms with Crippen LogP contribution in [0.2, 0.25) is 0 Å². The Morgan fingerprint density at radius 3 is 2.34 bits per heavy atom. The fourth-order valence-corrected chi connectivity index (χ4v) is 4.33. The van der Waals surface area contributed by atoms with E-state index in [1.54, 1.807) is 21.0 Å².